The maximum atomic E-state index is 12.6. The molecule has 9 rings (SSSR count). The Kier molecular flexibility index (Phi) is 6.92. The molecule has 0 aliphatic carbocycles. The molecular weight excluding hydrogens is 621 g/mol. The van der Waals surface area contributed by atoms with Crippen molar-refractivity contribution in [1.29, 1.82) is 0 Å². The first-order valence-electron chi connectivity index (χ1n) is 16.4. The molecule has 0 spiro atoms. The summed E-state index contributed by atoms with van der Waals surface area (Å²) in [6.45, 7) is 0. The quantitative estimate of drug-likeness (QED) is 0.201. The first-order chi connectivity index (χ1) is 24.0. The number of benzene rings is 6. The molecule has 1 aliphatic rings. The van der Waals surface area contributed by atoms with Crippen LogP contribution in [-0.4, -0.2) is 15.0 Å². The number of hydrogen-bond acceptors (Lipinski definition) is 4. The lowest BCUT2D eigenvalue weighted by atomic mass is 9.92. The molecule has 1 atom stereocenters. The van der Waals surface area contributed by atoms with E-state index in [0.29, 0.717) is 0 Å². The Labute approximate surface area is 287 Å². The molecule has 0 amide bonds. The number of hydrogen-bond donors (Lipinski definition) is 1. The molecule has 1 aliphatic heterocycles. The van der Waals surface area contributed by atoms with Gasteiger partial charge < -0.3 is 5.32 Å². The Bertz CT molecular complexity index is 2690. The van der Waals surface area contributed by atoms with Crippen LogP contribution in [0.2, 0.25) is 0 Å². The van der Waals surface area contributed by atoms with Gasteiger partial charge in [-0.05, 0) is 75.9 Å². The van der Waals surface area contributed by atoms with E-state index < -0.39 is 0 Å². The first-order valence-corrected chi connectivity index (χ1v) is 17.2. The van der Waals surface area contributed by atoms with Gasteiger partial charge in [0, 0.05) is 45.5 Å². The first kappa shape index (κ1) is 29.2. The second-order valence-electron chi connectivity index (χ2n) is 12.6. The van der Waals surface area contributed by atoms with E-state index in [1.54, 1.807) is 9.13 Å². The Morgan fingerprint density at radius 3 is 2.18 bits per heavy atom. The van der Waals surface area contributed by atoms with Gasteiger partial charge in [-0.2, -0.15) is 0 Å². The minimum atomic E-state index is -0.212. The minimum absolute atomic E-state index is 0.0277. The minimum Gasteiger partial charge on any atom is -0.340 e. The van der Waals surface area contributed by atoms with Crippen LogP contribution in [0.4, 0.5) is 0 Å². The predicted octanol–water partition coefficient (Wildman–Crippen LogP) is 9.71. The van der Waals surface area contributed by atoms with E-state index in [9.17, 15) is 4.79 Å². The van der Waals surface area contributed by atoms with Gasteiger partial charge in [0.2, 0.25) is 0 Å². The maximum absolute atomic E-state index is 12.6. The largest absolute Gasteiger partial charge is 0.340 e. The molecule has 0 saturated heterocycles. The third-order valence-corrected chi connectivity index (χ3v) is 10.8. The van der Waals surface area contributed by atoms with Gasteiger partial charge in [0.05, 0.1) is 17.1 Å². The van der Waals surface area contributed by atoms with Crippen LogP contribution in [0.5, 0.6) is 0 Å². The fourth-order valence-electron chi connectivity index (χ4n) is 7.07. The summed E-state index contributed by atoms with van der Waals surface area (Å²) in [6, 6.07) is 49.0. The van der Waals surface area contributed by atoms with E-state index >= 15 is 0 Å². The van der Waals surface area contributed by atoms with Crippen LogP contribution in [0.15, 0.2) is 155 Å². The number of imidazole rings is 1. The molecule has 5 nitrogen and oxygen atoms in total. The van der Waals surface area contributed by atoms with Crippen LogP contribution in [0.25, 0.3) is 59.2 Å². The van der Waals surface area contributed by atoms with E-state index in [1.807, 2.05) is 37.6 Å². The lowest BCUT2D eigenvalue weighted by molar-refractivity contribution is 0.795. The van der Waals surface area contributed by atoms with Crippen molar-refractivity contribution in [3.05, 3.63) is 173 Å². The molecule has 1 N–H and O–H groups in total. The van der Waals surface area contributed by atoms with E-state index in [1.165, 1.54) is 31.3 Å². The number of nitrogens with zero attached hydrogens (tertiary/aromatic N) is 3. The van der Waals surface area contributed by atoms with Crippen molar-refractivity contribution in [1.82, 2.24) is 14.5 Å². The average Bonchev–Trinajstić information content (AvgIpc) is 3.64. The van der Waals surface area contributed by atoms with Gasteiger partial charge in [-0.25, -0.2) is 4.79 Å². The third kappa shape index (κ3) is 5.00. The number of aromatic nitrogens is 2. The van der Waals surface area contributed by atoms with Crippen molar-refractivity contribution in [2.45, 2.75) is 6.04 Å². The van der Waals surface area contributed by atoms with Crippen LogP contribution in [0, 0.1) is 0 Å². The number of amidine groups is 1. The molecule has 0 bridgehead atoms. The number of aliphatic imine (C=N–C) groups is 1. The number of aryl methyl sites for hydroxylation is 2. The van der Waals surface area contributed by atoms with E-state index in [4.69, 9.17) is 4.99 Å². The van der Waals surface area contributed by atoms with Gasteiger partial charge in [0.1, 0.15) is 5.84 Å². The number of fused-ring (bicyclic) bond motifs is 4. The average molecular weight is 653 g/mol. The topological polar surface area (TPSA) is 51.3 Å². The maximum Gasteiger partial charge on any atom is 0.328 e. The zero-order valence-corrected chi connectivity index (χ0v) is 27.9. The Morgan fingerprint density at radius 2 is 1.29 bits per heavy atom. The van der Waals surface area contributed by atoms with Crippen molar-refractivity contribution in [3.63, 3.8) is 0 Å². The van der Waals surface area contributed by atoms with Crippen LogP contribution < -0.4 is 11.0 Å². The van der Waals surface area contributed by atoms with Gasteiger partial charge in [0.15, 0.2) is 0 Å². The Morgan fingerprint density at radius 1 is 0.592 bits per heavy atom. The molecule has 6 aromatic carbocycles. The summed E-state index contributed by atoms with van der Waals surface area (Å²) in [5, 5.41) is 6.26. The van der Waals surface area contributed by atoms with Crippen LogP contribution >= 0.6 is 11.3 Å². The normalized spacial score (nSPS) is 14.6. The molecule has 0 fully saturated rings. The molecule has 3 heterocycles. The molecular formula is C43H32N4OS. The standard InChI is InChI=1S/C43H32N4OS/c1-46-38-21-19-29(25-39(38)47(2)43(46)48)28-13-10-14-31(23-28)36-26-37(45-42(44-36)27-11-4-3-5-12-27)33-16-7-6-15-32(33)30-20-22-41-35(24-30)34-17-8-9-18-40(34)49-41/h3-26,37H,1-2H3,(H,44,45). The Balaban J connectivity index is 1.16. The van der Waals surface area contributed by atoms with Crippen molar-refractivity contribution in [3.8, 4) is 22.3 Å². The summed E-state index contributed by atoms with van der Waals surface area (Å²) in [5.41, 5.74) is 10.6. The van der Waals surface area contributed by atoms with E-state index in [2.05, 4.69) is 139 Å². The van der Waals surface area contributed by atoms with Crippen LogP contribution in [-0.2, 0) is 14.1 Å². The summed E-state index contributed by atoms with van der Waals surface area (Å²) < 4.78 is 6.00. The van der Waals surface area contributed by atoms with Crippen molar-refractivity contribution in [2.24, 2.45) is 19.1 Å². The third-order valence-electron chi connectivity index (χ3n) is 9.64. The molecule has 8 aromatic rings. The highest BCUT2D eigenvalue weighted by Crippen LogP contribution is 2.40. The van der Waals surface area contributed by atoms with Crippen molar-refractivity contribution in [2.75, 3.05) is 0 Å². The molecule has 6 heteroatoms. The molecule has 1 unspecified atom stereocenters. The molecule has 49 heavy (non-hydrogen) atoms. The summed E-state index contributed by atoms with van der Waals surface area (Å²) in [6.07, 6.45) is 2.24. The number of rotatable bonds is 5. The summed E-state index contributed by atoms with van der Waals surface area (Å²) >= 11 is 1.84. The summed E-state index contributed by atoms with van der Waals surface area (Å²) in [5.74, 6) is 0.836. The molecule has 0 saturated carbocycles. The zero-order valence-electron chi connectivity index (χ0n) is 27.1. The zero-order chi connectivity index (χ0) is 33.1. The van der Waals surface area contributed by atoms with Crippen molar-refractivity contribution >= 4 is 54.1 Å². The highest BCUT2D eigenvalue weighted by atomic mass is 32.1. The molecule has 0 radical (unpaired) electrons. The fraction of sp³-hybridized carbons (Fsp3) is 0.0698. The highest BCUT2D eigenvalue weighted by Gasteiger charge is 2.22. The highest BCUT2D eigenvalue weighted by molar-refractivity contribution is 7.25. The van der Waals surface area contributed by atoms with Crippen LogP contribution in [0.3, 0.4) is 0 Å². The summed E-state index contributed by atoms with van der Waals surface area (Å²) in [4.78, 5) is 17.9. The van der Waals surface area contributed by atoms with Crippen LogP contribution in [0.1, 0.15) is 22.7 Å². The smallest absolute Gasteiger partial charge is 0.328 e. The van der Waals surface area contributed by atoms with Crippen molar-refractivity contribution < 1.29 is 0 Å². The molecule has 2 aromatic heterocycles. The predicted molar refractivity (Wildman–Crippen MR) is 205 cm³/mol. The second-order valence-corrected chi connectivity index (χ2v) is 13.7. The molecule has 236 valence electrons. The van der Waals surface area contributed by atoms with Gasteiger partial charge in [-0.15, -0.1) is 11.3 Å². The van der Waals surface area contributed by atoms with Gasteiger partial charge >= 0.3 is 5.69 Å². The van der Waals surface area contributed by atoms with Gasteiger partial charge in [-0.3, -0.25) is 14.1 Å². The number of nitrogens with one attached hydrogen (secondary N) is 1. The monoisotopic (exact) mass is 652 g/mol. The van der Waals surface area contributed by atoms with E-state index in [-0.39, 0.29) is 11.7 Å². The second kappa shape index (κ2) is 11.6. The SMILES string of the molecule is Cn1c(=O)n(C)c2cc(-c3cccc(C4=CC(c5ccccc5-c5ccc6sc7ccccc7c6c5)N=C(c5ccccc5)N4)c3)ccc21. The summed E-state index contributed by atoms with van der Waals surface area (Å²) in [7, 11) is 3.64. The van der Waals surface area contributed by atoms with E-state index in [0.717, 1.165) is 50.4 Å². The fourth-order valence-corrected chi connectivity index (χ4v) is 8.16. The lowest BCUT2D eigenvalue weighted by Crippen LogP contribution is -2.27. The van der Waals surface area contributed by atoms with Gasteiger partial charge in [0.25, 0.3) is 0 Å². The lowest BCUT2D eigenvalue weighted by Gasteiger charge is -2.25. The Hall–Kier alpha value is -5.98. The number of thiophene rings is 1. The van der Waals surface area contributed by atoms with Gasteiger partial charge in [-0.1, -0.05) is 103 Å².